The number of ketones is 1. The highest BCUT2D eigenvalue weighted by Crippen LogP contribution is 2.35. The summed E-state index contributed by atoms with van der Waals surface area (Å²) in [5.41, 5.74) is 0.461. The van der Waals surface area contributed by atoms with Crippen LogP contribution in [-0.2, 0) is 14.4 Å². The molecule has 1 atom stereocenters. The average molecular weight is 394 g/mol. The molecule has 1 saturated heterocycles. The van der Waals surface area contributed by atoms with Gasteiger partial charge in [0.25, 0.3) is 17.4 Å². The number of hydrogen-bond donors (Lipinski definition) is 1. The molecule has 0 spiro atoms. The summed E-state index contributed by atoms with van der Waals surface area (Å²) in [5.74, 6) is -3.74. The van der Waals surface area contributed by atoms with Crippen molar-refractivity contribution in [2.75, 3.05) is 0 Å². The molecule has 0 bridgehead atoms. The van der Waals surface area contributed by atoms with Gasteiger partial charge in [-0.25, -0.2) is 4.79 Å². The fourth-order valence-corrected chi connectivity index (χ4v) is 3.74. The molecular weight excluding hydrogens is 380 g/mol. The van der Waals surface area contributed by atoms with Gasteiger partial charge in [-0.3, -0.25) is 24.6 Å². The van der Waals surface area contributed by atoms with Gasteiger partial charge < -0.3 is 5.11 Å². The number of carboxylic acid groups (broad SMARTS) is 1. The fourth-order valence-electron chi connectivity index (χ4n) is 2.41. The summed E-state index contributed by atoms with van der Waals surface area (Å²) in [6.45, 7) is 3.26. The zero-order valence-corrected chi connectivity index (χ0v) is 15.4. The van der Waals surface area contributed by atoms with Crippen LogP contribution in [0.25, 0.3) is 6.08 Å². The Balaban J connectivity index is 2.33. The molecule has 1 aliphatic rings. The van der Waals surface area contributed by atoms with Gasteiger partial charge in [0.15, 0.2) is 0 Å². The molecular formula is C16H14N2O6S2. The van der Waals surface area contributed by atoms with E-state index in [1.165, 1.54) is 30.3 Å². The third-order valence-corrected chi connectivity index (χ3v) is 4.94. The Morgan fingerprint density at radius 3 is 2.35 bits per heavy atom. The van der Waals surface area contributed by atoms with Crippen LogP contribution in [0.3, 0.4) is 0 Å². The number of nitro groups is 1. The summed E-state index contributed by atoms with van der Waals surface area (Å²) in [4.78, 5) is 47.1. The Bertz CT molecular complexity index is 832. The number of thioether (sulfide) groups is 1. The van der Waals surface area contributed by atoms with Gasteiger partial charge in [-0.15, -0.1) is 0 Å². The maximum absolute atomic E-state index is 12.7. The molecule has 0 saturated carbocycles. The minimum Gasteiger partial charge on any atom is -0.475 e. The molecule has 136 valence electrons. The van der Waals surface area contributed by atoms with Gasteiger partial charge in [0.05, 0.1) is 9.83 Å². The average Bonchev–Trinajstić information content (AvgIpc) is 2.83. The quantitative estimate of drug-likeness (QED) is 0.257. The maximum Gasteiger partial charge on any atom is 0.374 e. The van der Waals surface area contributed by atoms with Gasteiger partial charge in [-0.2, -0.15) is 0 Å². The number of nitro benzene ring substituents is 1. The van der Waals surface area contributed by atoms with Gasteiger partial charge in [0, 0.05) is 12.1 Å². The lowest BCUT2D eigenvalue weighted by Crippen LogP contribution is -2.49. The molecule has 1 N–H and O–H groups in total. The van der Waals surface area contributed by atoms with E-state index < -0.39 is 34.5 Å². The Labute approximate surface area is 158 Å². The summed E-state index contributed by atoms with van der Waals surface area (Å²) in [7, 11) is 0. The SMILES string of the molecule is CC(C)C(C(=O)C(=O)O)N1C(=O)/C(=C/c2ccc([N+](=O)[O-])cc2)SC1=S. The number of thiocarbonyl (C=S) groups is 1. The van der Waals surface area contributed by atoms with Crippen LogP contribution in [0.4, 0.5) is 5.69 Å². The van der Waals surface area contributed by atoms with E-state index in [0.29, 0.717) is 5.56 Å². The number of amides is 1. The standard InChI is InChI=1S/C16H14N2O6S2/c1-8(2)12(13(19)15(21)22)17-14(20)11(26-16(17)25)7-9-3-5-10(6-4-9)18(23)24/h3-8,12H,1-2H3,(H,21,22)/b11-7-. The molecule has 0 aliphatic carbocycles. The third-order valence-electron chi connectivity index (χ3n) is 3.61. The van der Waals surface area contributed by atoms with Crippen LogP contribution in [0.15, 0.2) is 29.2 Å². The van der Waals surface area contributed by atoms with Crippen molar-refractivity contribution in [3.05, 3.63) is 44.8 Å². The van der Waals surface area contributed by atoms with Gasteiger partial charge in [-0.1, -0.05) is 37.8 Å². The highest BCUT2D eigenvalue weighted by Gasteiger charge is 2.43. The number of Topliss-reactive ketones (excluding diaryl/α,β-unsaturated/α-hetero) is 1. The second-order valence-corrected chi connectivity index (χ2v) is 7.43. The van der Waals surface area contributed by atoms with Crippen molar-refractivity contribution >= 4 is 57.7 Å². The molecule has 0 aromatic heterocycles. The summed E-state index contributed by atoms with van der Waals surface area (Å²) in [5, 5.41) is 19.7. The number of benzene rings is 1. The van der Waals surface area contributed by atoms with E-state index in [2.05, 4.69) is 0 Å². The first-order valence-corrected chi connectivity index (χ1v) is 8.64. The van der Waals surface area contributed by atoms with Crippen LogP contribution in [0.2, 0.25) is 0 Å². The Morgan fingerprint density at radius 2 is 1.88 bits per heavy atom. The second-order valence-electron chi connectivity index (χ2n) is 5.76. The van der Waals surface area contributed by atoms with Gasteiger partial charge >= 0.3 is 5.97 Å². The number of non-ortho nitro benzene ring substituents is 1. The van der Waals surface area contributed by atoms with Gasteiger partial charge in [-0.05, 0) is 29.7 Å². The van der Waals surface area contributed by atoms with Crippen LogP contribution >= 0.6 is 24.0 Å². The van der Waals surface area contributed by atoms with Crippen LogP contribution in [0.1, 0.15) is 19.4 Å². The highest BCUT2D eigenvalue weighted by molar-refractivity contribution is 8.26. The van der Waals surface area contributed by atoms with E-state index in [0.717, 1.165) is 16.7 Å². The predicted octanol–water partition coefficient (Wildman–Crippen LogP) is 2.47. The maximum atomic E-state index is 12.7. The van der Waals surface area contributed by atoms with Crippen molar-refractivity contribution in [1.82, 2.24) is 4.90 Å². The van der Waals surface area contributed by atoms with E-state index in [1.807, 2.05) is 0 Å². The molecule has 0 radical (unpaired) electrons. The third kappa shape index (κ3) is 3.97. The van der Waals surface area contributed by atoms with Crippen molar-refractivity contribution < 1.29 is 24.4 Å². The molecule has 2 rings (SSSR count). The highest BCUT2D eigenvalue weighted by atomic mass is 32.2. The van der Waals surface area contributed by atoms with Crippen molar-refractivity contribution in [2.24, 2.45) is 5.92 Å². The summed E-state index contributed by atoms with van der Waals surface area (Å²) < 4.78 is 0.0939. The number of aliphatic carboxylic acids is 1. The number of hydrogen-bond acceptors (Lipinski definition) is 7. The number of carbonyl (C=O) groups excluding carboxylic acids is 2. The minimum absolute atomic E-state index is 0.0818. The minimum atomic E-state index is -1.63. The zero-order valence-electron chi connectivity index (χ0n) is 13.7. The number of rotatable bonds is 6. The molecule has 1 fully saturated rings. The van der Waals surface area contributed by atoms with Gasteiger partial charge in [0.2, 0.25) is 0 Å². The number of carbonyl (C=O) groups is 3. The molecule has 10 heteroatoms. The lowest BCUT2D eigenvalue weighted by molar-refractivity contribution is -0.384. The molecule has 8 nitrogen and oxygen atoms in total. The van der Waals surface area contributed by atoms with Crippen molar-refractivity contribution in [2.45, 2.75) is 19.9 Å². The summed E-state index contributed by atoms with van der Waals surface area (Å²) >= 11 is 6.11. The number of nitrogens with zero attached hydrogens (tertiary/aromatic N) is 2. The molecule has 1 amide bonds. The molecule has 1 heterocycles. The summed E-state index contributed by atoms with van der Waals surface area (Å²) in [6, 6.07) is 4.37. The van der Waals surface area contributed by atoms with E-state index in [-0.39, 0.29) is 14.9 Å². The second kappa shape index (κ2) is 7.75. The molecule has 1 aliphatic heterocycles. The number of carboxylic acids is 1. The van der Waals surface area contributed by atoms with E-state index in [1.54, 1.807) is 13.8 Å². The lowest BCUT2D eigenvalue weighted by atomic mass is 9.98. The summed E-state index contributed by atoms with van der Waals surface area (Å²) in [6.07, 6.45) is 1.49. The first-order chi connectivity index (χ1) is 12.1. The Morgan fingerprint density at radius 1 is 1.31 bits per heavy atom. The Hall–Kier alpha value is -2.59. The van der Waals surface area contributed by atoms with E-state index in [9.17, 15) is 24.5 Å². The molecule has 26 heavy (non-hydrogen) atoms. The lowest BCUT2D eigenvalue weighted by Gasteiger charge is -2.27. The van der Waals surface area contributed by atoms with Crippen LogP contribution in [0.5, 0.6) is 0 Å². The first kappa shape index (κ1) is 19.7. The topological polar surface area (TPSA) is 118 Å². The van der Waals surface area contributed by atoms with Crippen molar-refractivity contribution in [3.63, 3.8) is 0 Å². The smallest absolute Gasteiger partial charge is 0.374 e. The van der Waals surface area contributed by atoms with Crippen LogP contribution in [-0.4, -0.2) is 43.0 Å². The predicted molar refractivity (Wildman–Crippen MR) is 99.4 cm³/mol. The molecule has 1 aromatic carbocycles. The van der Waals surface area contributed by atoms with E-state index in [4.69, 9.17) is 17.3 Å². The fraction of sp³-hybridized carbons (Fsp3) is 0.250. The van der Waals surface area contributed by atoms with Gasteiger partial charge in [0.1, 0.15) is 10.4 Å². The van der Waals surface area contributed by atoms with E-state index >= 15 is 0 Å². The molecule has 1 unspecified atom stereocenters. The van der Waals surface area contributed by atoms with Crippen LogP contribution < -0.4 is 0 Å². The first-order valence-electron chi connectivity index (χ1n) is 7.42. The largest absolute Gasteiger partial charge is 0.475 e. The normalized spacial score (nSPS) is 17.0. The monoisotopic (exact) mass is 394 g/mol. The van der Waals surface area contributed by atoms with Crippen molar-refractivity contribution in [3.8, 4) is 0 Å². The Kier molecular flexibility index (Phi) is 5.88. The molecule has 1 aromatic rings. The van der Waals surface area contributed by atoms with Crippen LogP contribution in [0, 0.1) is 16.0 Å². The van der Waals surface area contributed by atoms with Crippen molar-refractivity contribution in [1.29, 1.82) is 0 Å². The zero-order chi connectivity index (χ0) is 19.6.